The van der Waals surface area contributed by atoms with Crippen molar-refractivity contribution in [2.45, 2.75) is 164 Å². The number of hydrogen-bond donors (Lipinski definition) is 10. The Labute approximate surface area is 299 Å². The summed E-state index contributed by atoms with van der Waals surface area (Å²) in [5.41, 5.74) is 0.677. The molecule has 0 saturated carbocycles. The first-order valence-electron chi connectivity index (χ1n) is 18.2. The summed E-state index contributed by atoms with van der Waals surface area (Å²) in [6.07, 6.45) is -1.91. The number of aryl methyl sites for hydroxylation is 1. The smallest absolute Gasteiger partial charge is 0.339 e. The molecule has 10 N–H and O–H groups in total. The SMILES string of the molecule is CC(CCCCCCCCCCCCCCCc1cccc(O)c1C(=O)O)OC(=O)C(O)C(O)C(O)C(CO)OC1OC(CO)C(O)C(O)C1O. The van der Waals surface area contributed by atoms with Crippen LogP contribution in [0.3, 0.4) is 0 Å². The van der Waals surface area contributed by atoms with Gasteiger partial charge < -0.3 is 65.3 Å². The summed E-state index contributed by atoms with van der Waals surface area (Å²) in [4.78, 5) is 23.8. The van der Waals surface area contributed by atoms with Gasteiger partial charge >= 0.3 is 11.9 Å². The van der Waals surface area contributed by atoms with Crippen LogP contribution < -0.4 is 0 Å². The number of hydrogen-bond acceptors (Lipinski definition) is 14. The molecule has 1 fully saturated rings. The van der Waals surface area contributed by atoms with Gasteiger partial charge in [0.25, 0.3) is 0 Å². The fraction of sp³-hybridized carbons (Fsp3) is 0.778. The predicted octanol–water partition coefficient (Wildman–Crippen LogP) is 1.29. The second-order valence-corrected chi connectivity index (χ2v) is 13.5. The van der Waals surface area contributed by atoms with Gasteiger partial charge in [-0.05, 0) is 44.2 Å². The second-order valence-electron chi connectivity index (χ2n) is 13.5. The van der Waals surface area contributed by atoms with Crippen molar-refractivity contribution in [2.75, 3.05) is 13.2 Å². The highest BCUT2D eigenvalue weighted by Gasteiger charge is 2.46. The van der Waals surface area contributed by atoms with Crippen molar-refractivity contribution in [3.05, 3.63) is 29.3 Å². The highest BCUT2D eigenvalue weighted by molar-refractivity contribution is 5.92. The number of carbonyl (C=O) groups is 2. The molecule has 51 heavy (non-hydrogen) atoms. The summed E-state index contributed by atoms with van der Waals surface area (Å²) in [6.45, 7) is -0.0364. The van der Waals surface area contributed by atoms with Gasteiger partial charge in [0.15, 0.2) is 12.4 Å². The number of aromatic carboxylic acids is 1. The van der Waals surface area contributed by atoms with Gasteiger partial charge in [0.05, 0.1) is 19.3 Å². The number of phenols is 1. The molecular weight excluding hydrogens is 672 g/mol. The van der Waals surface area contributed by atoms with E-state index in [9.17, 15) is 60.7 Å². The highest BCUT2D eigenvalue weighted by Crippen LogP contribution is 2.25. The fourth-order valence-corrected chi connectivity index (χ4v) is 6.19. The van der Waals surface area contributed by atoms with Gasteiger partial charge in [-0.1, -0.05) is 82.8 Å². The second kappa shape index (κ2) is 24.0. The Morgan fingerprint density at radius 1 is 0.784 bits per heavy atom. The summed E-state index contributed by atoms with van der Waals surface area (Å²) in [7, 11) is 0. The maximum absolute atomic E-state index is 12.4. The van der Waals surface area contributed by atoms with Crippen LogP contribution in [0.2, 0.25) is 0 Å². The molecule has 15 nitrogen and oxygen atoms in total. The molecule has 0 bridgehead atoms. The molecule has 1 saturated heterocycles. The number of carbonyl (C=O) groups excluding carboxylic acids is 1. The third kappa shape index (κ3) is 14.8. The molecule has 294 valence electrons. The van der Waals surface area contributed by atoms with E-state index in [2.05, 4.69) is 0 Å². The molecule has 10 atom stereocenters. The molecule has 0 spiro atoms. The molecule has 1 aliphatic heterocycles. The molecule has 1 aliphatic rings. The first-order valence-corrected chi connectivity index (χ1v) is 18.2. The standard InChI is InChI=1S/C36H60O15/c1-22(49-35(48)32(44)30(42)28(40)25(20-37)50-36-33(45)31(43)29(41)26(21-38)51-36)16-13-11-9-7-5-3-2-4-6-8-10-12-14-17-23-18-15-19-24(39)27(23)34(46)47/h15,18-19,22,25-26,28-33,36-45H,2-14,16-17,20-21H2,1H3,(H,46,47). The van der Waals surface area contributed by atoms with Crippen molar-refractivity contribution in [3.63, 3.8) is 0 Å². The average Bonchev–Trinajstić information content (AvgIpc) is 3.10. The van der Waals surface area contributed by atoms with Gasteiger partial charge in [-0.25, -0.2) is 9.59 Å². The maximum atomic E-state index is 12.4. The van der Waals surface area contributed by atoms with Crippen molar-refractivity contribution >= 4 is 11.9 Å². The minimum Gasteiger partial charge on any atom is -0.507 e. The lowest BCUT2D eigenvalue weighted by molar-refractivity contribution is -0.322. The van der Waals surface area contributed by atoms with Crippen molar-refractivity contribution in [1.82, 2.24) is 0 Å². The summed E-state index contributed by atoms with van der Waals surface area (Å²) >= 11 is 0. The highest BCUT2D eigenvalue weighted by atomic mass is 16.7. The molecule has 0 aliphatic carbocycles. The van der Waals surface area contributed by atoms with Crippen LogP contribution in [0.15, 0.2) is 18.2 Å². The Hall–Kier alpha value is -2.44. The monoisotopic (exact) mass is 732 g/mol. The van der Waals surface area contributed by atoms with Gasteiger partial charge in [-0.15, -0.1) is 0 Å². The first-order chi connectivity index (χ1) is 24.3. The van der Waals surface area contributed by atoms with Crippen LogP contribution in [-0.4, -0.2) is 137 Å². The topological polar surface area (TPSA) is 264 Å². The number of rotatable bonds is 26. The first kappa shape index (κ1) is 44.7. The molecule has 2 rings (SSSR count). The van der Waals surface area contributed by atoms with Crippen molar-refractivity contribution in [2.24, 2.45) is 0 Å². The van der Waals surface area contributed by atoms with Crippen LogP contribution in [0.25, 0.3) is 0 Å². The third-order valence-electron chi connectivity index (χ3n) is 9.35. The maximum Gasteiger partial charge on any atom is 0.339 e. The molecule has 1 aromatic rings. The van der Waals surface area contributed by atoms with E-state index < -0.39 is 86.4 Å². The molecule has 15 heteroatoms. The van der Waals surface area contributed by atoms with E-state index in [0.29, 0.717) is 18.4 Å². The molecular formula is C36H60O15. The number of unbranched alkanes of at least 4 members (excludes halogenated alkanes) is 12. The average molecular weight is 733 g/mol. The van der Waals surface area contributed by atoms with Crippen LogP contribution in [-0.2, 0) is 25.4 Å². The van der Waals surface area contributed by atoms with Crippen LogP contribution in [0.4, 0.5) is 0 Å². The number of aromatic hydroxyl groups is 1. The minimum absolute atomic E-state index is 0.00392. The molecule has 1 heterocycles. The van der Waals surface area contributed by atoms with Gasteiger partial charge in [-0.3, -0.25) is 0 Å². The number of aliphatic hydroxyl groups excluding tert-OH is 8. The number of esters is 1. The summed E-state index contributed by atoms with van der Waals surface area (Å²) < 4.78 is 15.6. The van der Waals surface area contributed by atoms with E-state index in [0.717, 1.165) is 57.8 Å². The number of ether oxygens (including phenoxy) is 3. The van der Waals surface area contributed by atoms with E-state index in [1.54, 1.807) is 19.1 Å². The fourth-order valence-electron chi connectivity index (χ4n) is 6.19. The lowest BCUT2D eigenvalue weighted by Gasteiger charge is -2.41. The minimum atomic E-state index is -2.18. The van der Waals surface area contributed by atoms with Gasteiger partial charge in [0.2, 0.25) is 0 Å². The van der Waals surface area contributed by atoms with E-state index >= 15 is 0 Å². The summed E-state index contributed by atoms with van der Waals surface area (Å²) in [5.74, 6) is -2.47. The predicted molar refractivity (Wildman–Crippen MR) is 183 cm³/mol. The number of carboxylic acids is 1. The zero-order valence-corrected chi connectivity index (χ0v) is 29.5. The Balaban J connectivity index is 1.52. The van der Waals surface area contributed by atoms with Crippen molar-refractivity contribution in [1.29, 1.82) is 0 Å². The molecule has 10 unspecified atom stereocenters. The number of carboxylic acid groups (broad SMARTS) is 1. The van der Waals surface area contributed by atoms with Crippen LogP contribution in [0.5, 0.6) is 5.75 Å². The Morgan fingerprint density at radius 2 is 1.33 bits per heavy atom. The Bertz CT molecular complexity index is 1130. The summed E-state index contributed by atoms with van der Waals surface area (Å²) in [5, 5.41) is 99.1. The Morgan fingerprint density at radius 3 is 1.86 bits per heavy atom. The third-order valence-corrected chi connectivity index (χ3v) is 9.35. The van der Waals surface area contributed by atoms with Gasteiger partial charge in [-0.2, -0.15) is 0 Å². The molecule has 1 aromatic carbocycles. The lowest BCUT2D eigenvalue weighted by atomic mass is 9.99. The van der Waals surface area contributed by atoms with Gasteiger partial charge in [0, 0.05) is 0 Å². The van der Waals surface area contributed by atoms with Crippen LogP contribution >= 0.6 is 0 Å². The van der Waals surface area contributed by atoms with E-state index in [4.69, 9.17) is 14.2 Å². The van der Waals surface area contributed by atoms with E-state index in [1.807, 2.05) is 0 Å². The van der Waals surface area contributed by atoms with Crippen LogP contribution in [0.1, 0.15) is 113 Å². The Kier molecular flexibility index (Phi) is 21.0. The number of benzene rings is 1. The van der Waals surface area contributed by atoms with E-state index in [-0.39, 0.29) is 11.3 Å². The van der Waals surface area contributed by atoms with Crippen molar-refractivity contribution < 1.29 is 74.9 Å². The molecule has 0 amide bonds. The normalized spacial score (nSPS) is 23.7. The zero-order valence-electron chi connectivity index (χ0n) is 29.5. The molecule has 0 radical (unpaired) electrons. The van der Waals surface area contributed by atoms with E-state index in [1.165, 1.54) is 31.7 Å². The molecule has 0 aromatic heterocycles. The van der Waals surface area contributed by atoms with Crippen LogP contribution in [0, 0.1) is 0 Å². The lowest BCUT2D eigenvalue weighted by Crippen LogP contribution is -2.61. The van der Waals surface area contributed by atoms with Gasteiger partial charge in [0.1, 0.15) is 54.0 Å². The quantitative estimate of drug-likeness (QED) is 0.0475. The number of aliphatic hydroxyl groups is 8. The zero-order chi connectivity index (χ0) is 37.9. The largest absolute Gasteiger partial charge is 0.507 e. The summed E-state index contributed by atoms with van der Waals surface area (Å²) in [6, 6.07) is 4.83. The van der Waals surface area contributed by atoms with Crippen molar-refractivity contribution in [3.8, 4) is 5.75 Å².